The first kappa shape index (κ1) is 20.1. The number of rotatable bonds is 0. The van der Waals surface area contributed by atoms with E-state index < -0.39 is 5.63 Å². The maximum atomic E-state index is 11.0. The molecule has 7 heteroatoms. The molecule has 0 fully saturated rings. The van der Waals surface area contributed by atoms with Crippen molar-refractivity contribution >= 4 is 25.4 Å². The van der Waals surface area contributed by atoms with Crippen LogP contribution in [0.1, 0.15) is 31.8 Å². The monoisotopic (exact) mass is 367 g/mol. The van der Waals surface area contributed by atoms with Gasteiger partial charge in [-0.3, -0.25) is 4.79 Å². The lowest BCUT2D eigenvalue weighted by atomic mass is 9.95. The largest absolute Gasteiger partial charge is 0.508 e. The molecule has 1 unspecified atom stereocenters. The molecule has 1 atom stereocenters. The molecule has 2 aromatic carbocycles. The Bertz CT molecular complexity index is 1050. The Labute approximate surface area is 159 Å². The maximum Gasteiger partial charge on any atom is 0.336 e. The first-order valence-corrected chi connectivity index (χ1v) is 8.10. The minimum atomic E-state index is -0.393. The minimum Gasteiger partial charge on any atom is -0.508 e. The van der Waals surface area contributed by atoms with Crippen molar-refractivity contribution in [1.29, 1.82) is 0 Å². The topological polar surface area (TPSA) is 97.0 Å². The standard InChI is InChI=1S/C10H10O3.C10H8O3.B.H2/c2*1-6-4-10(12)13-9-5-7(11)2-3-8(6)9;;/h2-3,5-6,11H,4H2,1H3;2-5,11H,1H3;;1H. The molecule has 0 bridgehead atoms. The van der Waals surface area contributed by atoms with Gasteiger partial charge in [0.15, 0.2) is 0 Å². The van der Waals surface area contributed by atoms with Gasteiger partial charge in [0.1, 0.15) is 22.8 Å². The van der Waals surface area contributed by atoms with Crippen molar-refractivity contribution < 1.29 is 25.6 Å². The summed E-state index contributed by atoms with van der Waals surface area (Å²) in [4.78, 5) is 22.0. The van der Waals surface area contributed by atoms with Crippen LogP contribution in [0.15, 0.2) is 51.7 Å². The highest BCUT2D eigenvalue weighted by Gasteiger charge is 2.23. The van der Waals surface area contributed by atoms with Gasteiger partial charge < -0.3 is 19.4 Å². The van der Waals surface area contributed by atoms with Crippen molar-refractivity contribution in [2.45, 2.75) is 26.2 Å². The van der Waals surface area contributed by atoms with E-state index in [2.05, 4.69) is 0 Å². The Kier molecular flexibility index (Phi) is 5.95. The summed E-state index contributed by atoms with van der Waals surface area (Å²) in [5, 5.41) is 19.2. The summed E-state index contributed by atoms with van der Waals surface area (Å²) in [5.41, 5.74) is 1.87. The van der Waals surface area contributed by atoms with E-state index in [1.165, 1.54) is 18.2 Å². The van der Waals surface area contributed by atoms with Gasteiger partial charge in [-0.15, -0.1) is 0 Å². The van der Waals surface area contributed by atoms with E-state index in [4.69, 9.17) is 19.4 Å². The smallest absolute Gasteiger partial charge is 0.336 e. The number of aromatic hydroxyl groups is 2. The number of hydrogen-bond acceptors (Lipinski definition) is 6. The van der Waals surface area contributed by atoms with Crippen LogP contribution in [0.3, 0.4) is 0 Å². The zero-order chi connectivity index (χ0) is 18.8. The first-order valence-electron chi connectivity index (χ1n) is 8.10. The lowest BCUT2D eigenvalue weighted by Crippen LogP contribution is -2.18. The van der Waals surface area contributed by atoms with Crippen molar-refractivity contribution in [3.05, 3.63) is 64.0 Å². The van der Waals surface area contributed by atoms with Crippen molar-refractivity contribution in [2.24, 2.45) is 0 Å². The number of phenols is 2. The Morgan fingerprint density at radius 3 is 2.44 bits per heavy atom. The second-order valence-corrected chi connectivity index (χ2v) is 6.23. The Morgan fingerprint density at radius 2 is 1.70 bits per heavy atom. The number of phenolic OH excluding ortho intramolecular Hbond substituents is 2. The molecule has 3 aromatic rings. The fourth-order valence-electron chi connectivity index (χ4n) is 2.86. The molecule has 2 N–H and O–H groups in total. The average Bonchev–Trinajstić information content (AvgIpc) is 2.54. The highest BCUT2D eigenvalue weighted by molar-refractivity contribution is 5.81. The van der Waals surface area contributed by atoms with E-state index in [0.29, 0.717) is 17.8 Å². The predicted molar refractivity (Wildman–Crippen MR) is 104 cm³/mol. The first-order chi connectivity index (χ1) is 12.3. The molecule has 6 nitrogen and oxygen atoms in total. The number of esters is 1. The Morgan fingerprint density at radius 1 is 1.04 bits per heavy atom. The highest BCUT2D eigenvalue weighted by atomic mass is 16.5. The molecule has 0 aliphatic carbocycles. The van der Waals surface area contributed by atoms with Crippen molar-refractivity contribution in [3.63, 3.8) is 0 Å². The third-order valence-electron chi connectivity index (χ3n) is 4.16. The summed E-state index contributed by atoms with van der Waals surface area (Å²) in [6.07, 6.45) is 0.414. The number of ether oxygens (including phenoxy) is 1. The molecule has 0 saturated heterocycles. The normalized spacial score (nSPS) is 15.0. The number of benzene rings is 2. The Hall–Kier alpha value is -3.22. The molecule has 139 valence electrons. The molecular weight excluding hydrogens is 347 g/mol. The second-order valence-electron chi connectivity index (χ2n) is 6.23. The van der Waals surface area contributed by atoms with Crippen LogP contribution in [-0.2, 0) is 4.79 Å². The molecule has 1 aliphatic rings. The zero-order valence-corrected chi connectivity index (χ0v) is 14.9. The highest BCUT2D eigenvalue weighted by Crippen LogP contribution is 2.35. The fourth-order valence-corrected chi connectivity index (χ4v) is 2.86. The number of fused-ring (bicyclic) bond motifs is 2. The van der Waals surface area contributed by atoms with Crippen LogP contribution in [0.4, 0.5) is 0 Å². The zero-order valence-electron chi connectivity index (χ0n) is 14.9. The van der Waals surface area contributed by atoms with Crippen LogP contribution in [0, 0.1) is 6.92 Å². The average molecular weight is 367 g/mol. The van der Waals surface area contributed by atoms with Gasteiger partial charge in [-0.25, -0.2) is 4.79 Å². The third-order valence-corrected chi connectivity index (χ3v) is 4.16. The quantitative estimate of drug-likeness (QED) is 0.273. The van der Waals surface area contributed by atoms with Gasteiger partial charge in [-0.2, -0.15) is 0 Å². The van der Waals surface area contributed by atoms with Gasteiger partial charge in [-0.05, 0) is 42.2 Å². The van der Waals surface area contributed by atoms with E-state index in [0.717, 1.165) is 16.5 Å². The van der Waals surface area contributed by atoms with Crippen LogP contribution in [0.5, 0.6) is 17.2 Å². The molecular formula is C20H20BO6. The van der Waals surface area contributed by atoms with Gasteiger partial charge in [0.05, 0.1) is 6.42 Å². The van der Waals surface area contributed by atoms with Crippen molar-refractivity contribution in [1.82, 2.24) is 0 Å². The molecule has 1 aromatic heterocycles. The molecule has 0 spiro atoms. The van der Waals surface area contributed by atoms with Gasteiger partial charge in [-0.1, -0.05) is 13.0 Å². The summed E-state index contributed by atoms with van der Waals surface area (Å²) in [7, 11) is 0. The summed E-state index contributed by atoms with van der Waals surface area (Å²) in [6.45, 7) is 3.80. The van der Waals surface area contributed by atoms with Crippen LogP contribution >= 0.6 is 0 Å². The van der Waals surface area contributed by atoms with E-state index in [-0.39, 0.29) is 33.2 Å². The van der Waals surface area contributed by atoms with Crippen molar-refractivity contribution in [3.8, 4) is 17.2 Å². The van der Waals surface area contributed by atoms with E-state index in [9.17, 15) is 9.59 Å². The molecule has 4 rings (SSSR count). The molecule has 27 heavy (non-hydrogen) atoms. The number of carbonyl (C=O) groups excluding carboxylic acids is 1. The lowest BCUT2D eigenvalue weighted by Gasteiger charge is -2.20. The number of hydrogen-bond donors (Lipinski definition) is 2. The lowest BCUT2D eigenvalue weighted by molar-refractivity contribution is -0.135. The summed E-state index contributed by atoms with van der Waals surface area (Å²) in [6, 6.07) is 11.0. The van der Waals surface area contributed by atoms with Crippen LogP contribution in [0.2, 0.25) is 0 Å². The van der Waals surface area contributed by atoms with E-state index in [1.807, 2.05) is 13.8 Å². The molecule has 0 saturated carbocycles. The van der Waals surface area contributed by atoms with Crippen LogP contribution < -0.4 is 10.4 Å². The molecule has 0 amide bonds. The van der Waals surface area contributed by atoms with E-state index >= 15 is 0 Å². The van der Waals surface area contributed by atoms with Crippen LogP contribution in [-0.4, -0.2) is 24.6 Å². The second kappa shape index (κ2) is 7.99. The maximum absolute atomic E-state index is 11.0. The van der Waals surface area contributed by atoms with Crippen LogP contribution in [0.25, 0.3) is 11.0 Å². The molecule has 1 aliphatic heterocycles. The minimum absolute atomic E-state index is 0. The predicted octanol–water partition coefficient (Wildman–Crippen LogP) is 3.48. The summed E-state index contributed by atoms with van der Waals surface area (Å²) >= 11 is 0. The van der Waals surface area contributed by atoms with Crippen molar-refractivity contribution in [2.75, 3.05) is 0 Å². The summed E-state index contributed by atoms with van der Waals surface area (Å²) < 4.78 is 9.89. The molecule has 2 heterocycles. The van der Waals surface area contributed by atoms with E-state index in [1.54, 1.807) is 24.3 Å². The van der Waals surface area contributed by atoms with Gasteiger partial charge in [0.2, 0.25) is 0 Å². The number of aryl methyl sites for hydroxylation is 1. The molecule has 3 radical (unpaired) electrons. The van der Waals surface area contributed by atoms with Gasteiger partial charge in [0.25, 0.3) is 0 Å². The summed E-state index contributed by atoms with van der Waals surface area (Å²) in [5.74, 6) is 0.660. The van der Waals surface area contributed by atoms with Gasteiger partial charge in [0, 0.05) is 33.4 Å². The van der Waals surface area contributed by atoms with Gasteiger partial charge >= 0.3 is 11.6 Å². The number of carbonyl (C=O) groups is 1. The Balaban J connectivity index is 0.000000261. The SMILES string of the molecule is CC1CC(=O)Oc2cc(O)ccc21.Cc1cc(=O)oc2cc(O)ccc12.[B].[HH]. The fraction of sp³-hybridized carbons (Fsp3) is 0.200. The third kappa shape index (κ3) is 4.50.